The van der Waals surface area contributed by atoms with E-state index in [1.165, 1.54) is 7.11 Å². The summed E-state index contributed by atoms with van der Waals surface area (Å²) >= 11 is 0. The number of ether oxygens (including phenoxy) is 4. The zero-order valence-electron chi connectivity index (χ0n) is 35.9. The third kappa shape index (κ3) is 11.5. The highest BCUT2D eigenvalue weighted by molar-refractivity contribution is 7.86. The Morgan fingerprint density at radius 1 is 0.606 bits per heavy atom. The number of aliphatic hydroxyl groups is 2. The van der Waals surface area contributed by atoms with Crippen molar-refractivity contribution in [3.63, 3.8) is 0 Å². The summed E-state index contributed by atoms with van der Waals surface area (Å²) in [6.45, 7) is -1.80. The molecule has 0 spiro atoms. The lowest BCUT2D eigenvalue weighted by atomic mass is 10.1. The van der Waals surface area contributed by atoms with Crippen molar-refractivity contribution in [2.75, 3.05) is 40.6 Å². The second-order valence-electron chi connectivity index (χ2n) is 13.9. The highest BCUT2D eigenvalue weighted by atomic mass is 32.2. The number of benzene rings is 5. The topological polar surface area (TPSA) is 447 Å². The van der Waals surface area contributed by atoms with E-state index in [4.69, 9.17) is 18.9 Å². The average Bonchev–Trinajstić information content (AvgIpc) is 3.65. The van der Waals surface area contributed by atoms with Gasteiger partial charge in [0.25, 0.3) is 35.9 Å². The molecule has 0 unspecified atom stereocenters. The van der Waals surface area contributed by atoms with Gasteiger partial charge in [0.1, 0.15) is 74.4 Å². The zero-order valence-corrected chi connectivity index (χ0v) is 38.4. The number of fused-ring (bicyclic) bond motifs is 1. The summed E-state index contributed by atoms with van der Waals surface area (Å²) in [7, 11) is -12.7. The van der Waals surface area contributed by atoms with E-state index in [9.17, 15) is 78.8 Å². The second-order valence-corrected chi connectivity index (χ2v) is 18.1. The first-order valence-corrected chi connectivity index (χ1v) is 23.6. The summed E-state index contributed by atoms with van der Waals surface area (Å²) in [4.78, 5) is 35.1. The van der Waals surface area contributed by atoms with Crippen LogP contribution in [-0.4, -0.2) is 127 Å². The van der Waals surface area contributed by atoms with Crippen LogP contribution >= 0.6 is 0 Å². The van der Waals surface area contributed by atoms with Crippen LogP contribution in [0.5, 0.6) is 28.7 Å². The minimum atomic E-state index is -5.31. The first kappa shape index (κ1) is 52.1. The quantitative estimate of drug-likeness (QED) is 0.0352. The third-order valence-electron chi connectivity index (χ3n) is 9.41. The summed E-state index contributed by atoms with van der Waals surface area (Å²) in [5.41, 5.74) is -6.01. The number of nitrogens with one attached hydrogen (secondary N) is 1. The lowest BCUT2D eigenvalue weighted by Crippen LogP contribution is -2.14. The number of phenols is 1. The van der Waals surface area contributed by atoms with E-state index in [2.05, 4.69) is 35.8 Å². The maximum atomic E-state index is 13.6. The zero-order chi connectivity index (χ0) is 52.2. The Balaban J connectivity index is 1.44. The largest absolute Gasteiger partial charge is 0.505 e. The van der Waals surface area contributed by atoms with Crippen LogP contribution in [0, 0.1) is 0 Å². The molecule has 9 N–H and O–H groups in total. The number of H-pyrrole nitrogens is 1. The van der Waals surface area contributed by atoms with E-state index in [1.54, 1.807) is 0 Å². The molecule has 5 aromatic carbocycles. The molecular weight excluding hydrogens is 1010 g/mol. The van der Waals surface area contributed by atoms with Gasteiger partial charge in [-0.25, -0.2) is 14.3 Å². The van der Waals surface area contributed by atoms with Crippen LogP contribution in [0.4, 0.5) is 34.1 Å². The Morgan fingerprint density at radius 2 is 1.14 bits per heavy atom. The van der Waals surface area contributed by atoms with Crippen LogP contribution in [-0.2, 0) is 30.4 Å². The summed E-state index contributed by atoms with van der Waals surface area (Å²) in [5, 5.41) is 75.2. The monoisotopic (exact) mass is 1050 g/mol. The minimum Gasteiger partial charge on any atom is -0.505 e. The van der Waals surface area contributed by atoms with E-state index in [0.29, 0.717) is 10.7 Å². The number of aromatic nitrogens is 2. The van der Waals surface area contributed by atoms with Gasteiger partial charge >= 0.3 is 11.9 Å². The number of methoxy groups -OCH3 is 2. The Hall–Kier alpha value is -8.24. The van der Waals surface area contributed by atoms with Crippen molar-refractivity contribution in [3.05, 3.63) is 88.3 Å². The van der Waals surface area contributed by atoms with Crippen molar-refractivity contribution < 1.29 is 93.0 Å². The van der Waals surface area contributed by atoms with Gasteiger partial charge in [-0.1, -0.05) is 0 Å². The first-order chi connectivity index (χ1) is 33.4. The highest BCUT2D eigenvalue weighted by Gasteiger charge is 2.26. The number of aromatic amines is 1. The Morgan fingerprint density at radius 3 is 1.66 bits per heavy atom. The van der Waals surface area contributed by atoms with Gasteiger partial charge in [0, 0.05) is 29.7 Å². The number of aromatic hydroxyl groups is 1. The summed E-state index contributed by atoms with van der Waals surface area (Å²) in [6, 6.07) is 10.6. The van der Waals surface area contributed by atoms with E-state index in [1.807, 2.05) is 0 Å². The van der Waals surface area contributed by atoms with Crippen molar-refractivity contribution >= 4 is 87.2 Å². The van der Waals surface area contributed by atoms with Crippen molar-refractivity contribution in [1.82, 2.24) is 9.78 Å². The van der Waals surface area contributed by atoms with E-state index in [-0.39, 0.29) is 69.7 Å². The molecule has 0 bridgehead atoms. The van der Waals surface area contributed by atoms with Gasteiger partial charge in [0.05, 0.1) is 43.6 Å². The van der Waals surface area contributed by atoms with Crippen LogP contribution in [0.1, 0.15) is 20.8 Å². The maximum Gasteiger partial charge on any atom is 0.356 e. The van der Waals surface area contributed by atoms with Gasteiger partial charge in [-0.05, 0) is 47.9 Å². The number of carboxylic acids is 2. The van der Waals surface area contributed by atoms with E-state index in [0.717, 1.165) is 67.8 Å². The third-order valence-corrected chi connectivity index (χ3v) is 12.0. The minimum absolute atomic E-state index is 0.122. The molecule has 29 nitrogen and oxygen atoms in total. The fourth-order valence-electron chi connectivity index (χ4n) is 6.24. The molecule has 0 saturated heterocycles. The van der Waals surface area contributed by atoms with Crippen LogP contribution in [0.15, 0.2) is 117 Å². The fraction of sp³-hybridized carbons (Fsp3) is 0.154. The molecule has 71 heavy (non-hydrogen) atoms. The molecule has 0 aliphatic rings. The number of nitrogens with zero attached hydrogens (tertiary/aromatic N) is 7. The number of aromatic carboxylic acids is 2. The number of carboxylic acid groups (broad SMARTS) is 2. The maximum absolute atomic E-state index is 13.6. The molecule has 6 aromatic rings. The Labute approximate surface area is 397 Å². The lowest BCUT2D eigenvalue weighted by Gasteiger charge is -2.13. The van der Waals surface area contributed by atoms with Gasteiger partial charge in [0.15, 0.2) is 17.1 Å². The second kappa shape index (κ2) is 20.8. The van der Waals surface area contributed by atoms with Crippen molar-refractivity contribution in [2.45, 2.75) is 14.7 Å². The van der Waals surface area contributed by atoms with Crippen LogP contribution < -0.4 is 24.5 Å². The van der Waals surface area contributed by atoms with Crippen molar-refractivity contribution in [2.24, 2.45) is 30.7 Å². The molecule has 0 amide bonds. The molecule has 0 atom stereocenters. The van der Waals surface area contributed by atoms with Gasteiger partial charge in [-0.2, -0.15) is 25.3 Å². The predicted octanol–water partition coefficient (Wildman–Crippen LogP) is 5.17. The molecule has 1 heterocycles. The summed E-state index contributed by atoms with van der Waals surface area (Å²) < 4.78 is 124. The number of hydrogen-bond acceptors (Lipinski definition) is 22. The molecule has 1 aromatic heterocycles. The number of hydrogen-bond donors (Lipinski definition) is 9. The fourth-order valence-corrected chi connectivity index (χ4v) is 8.06. The normalized spacial score (nSPS) is 12.3. The molecule has 374 valence electrons. The standard InChI is InChI=1S/C39H34N8O21S3/c1-65-27-17-31(70(59,60)61)30(66-2)16-24(27)41-42-25-14-29(68-10-8-49)26(15-28(25)67-9-7-48)43-44-33-32(71(62,63)64)12-18-11-19(3-5-21(18)36(33)50)47-37(51)34(35(46-47)39(54)55)45-40-23-6-4-20(69(56,57)58)13-22(23)38(52)53/h3-6,11-17,46,48-50H,7-10H2,1-2H3,(H,52,53)(H,54,55)(H,56,57,58)(H,59,60,61)(H,62,63,64). The van der Waals surface area contributed by atoms with Crippen molar-refractivity contribution in [1.29, 1.82) is 0 Å². The molecule has 0 aliphatic heterocycles. The molecular formula is C39H34N8O21S3. The van der Waals surface area contributed by atoms with Crippen molar-refractivity contribution in [3.8, 4) is 34.4 Å². The number of phenolic OH excluding ortho intramolecular Hbond substituents is 1. The van der Waals surface area contributed by atoms with Crippen LogP contribution in [0.2, 0.25) is 0 Å². The van der Waals surface area contributed by atoms with Gasteiger partial charge in [0.2, 0.25) is 0 Å². The van der Waals surface area contributed by atoms with Gasteiger partial charge < -0.3 is 44.5 Å². The number of rotatable bonds is 20. The Bertz CT molecular complexity index is 3630. The molecule has 0 fully saturated rings. The molecule has 0 aliphatic carbocycles. The molecule has 6 rings (SSSR count). The lowest BCUT2D eigenvalue weighted by molar-refractivity contribution is 0.0682. The molecule has 0 saturated carbocycles. The first-order valence-electron chi connectivity index (χ1n) is 19.3. The van der Waals surface area contributed by atoms with E-state index >= 15 is 0 Å². The predicted molar refractivity (Wildman–Crippen MR) is 239 cm³/mol. The SMILES string of the molecule is COc1cc(S(=O)(=O)O)c(OC)cc1N=Nc1cc(OCCO)c(N=Nc2c(S(=O)(=O)O)cc3cc(-n4[nH]c(C(=O)O)c(N=Nc5ccc(S(=O)(=O)O)cc5C(=O)O)c4=O)ccc3c2O)cc1OCCO. The number of azo groups is 3. The summed E-state index contributed by atoms with van der Waals surface area (Å²) in [6.07, 6.45) is 0. The van der Waals surface area contributed by atoms with Crippen LogP contribution in [0.25, 0.3) is 16.5 Å². The van der Waals surface area contributed by atoms with Gasteiger partial charge in [-0.3, -0.25) is 23.6 Å². The van der Waals surface area contributed by atoms with Crippen LogP contribution in [0.3, 0.4) is 0 Å². The van der Waals surface area contributed by atoms with E-state index < -0.39 is 110 Å². The average molecular weight is 1050 g/mol. The number of carbonyl (C=O) groups is 2. The van der Waals surface area contributed by atoms with Gasteiger partial charge in [-0.15, -0.1) is 30.7 Å². The highest BCUT2D eigenvalue weighted by Crippen LogP contribution is 2.46. The molecule has 0 radical (unpaired) electrons. The smallest absolute Gasteiger partial charge is 0.356 e. The Kier molecular flexibility index (Phi) is 15.3. The molecule has 32 heteroatoms. The summed E-state index contributed by atoms with van der Waals surface area (Å²) in [5.74, 6) is -5.35. The number of aliphatic hydroxyl groups excluding tert-OH is 2.